The van der Waals surface area contributed by atoms with E-state index in [1.807, 2.05) is 0 Å². The van der Waals surface area contributed by atoms with Crippen LogP contribution in [0.2, 0.25) is 1.41 Å². The minimum absolute atomic E-state index is 0.165. The fraction of sp³-hybridized carbons (Fsp3) is 0.182. The summed E-state index contributed by atoms with van der Waals surface area (Å²) in [6, 6.07) is 3.29. The van der Waals surface area contributed by atoms with Crippen LogP contribution in [-0.4, -0.2) is 35.0 Å². The molecular weight excluding hydrogens is 262 g/mol. The van der Waals surface area contributed by atoms with Crippen LogP contribution >= 0.6 is 0 Å². The van der Waals surface area contributed by atoms with Crippen LogP contribution in [-0.2, 0) is 13.7 Å². The molecule has 0 fully saturated rings. The van der Waals surface area contributed by atoms with Crippen molar-refractivity contribution in [3.8, 4) is 11.6 Å². The maximum atomic E-state index is 11.9. The molecular formula is C11H11N7O2. The quantitative estimate of drug-likeness (QED) is 0.698. The van der Waals surface area contributed by atoms with E-state index >= 15 is 0 Å². The first-order valence-corrected chi connectivity index (χ1v) is 5.75. The molecule has 3 heterocycles. The predicted molar refractivity (Wildman–Crippen MR) is 67.3 cm³/mol. The second-order valence-corrected chi connectivity index (χ2v) is 3.96. The molecule has 3 aromatic rings. The van der Waals surface area contributed by atoms with E-state index in [4.69, 9.17) is 6.15 Å². The van der Waals surface area contributed by atoms with Crippen molar-refractivity contribution >= 4 is 0 Å². The lowest BCUT2D eigenvalue weighted by Crippen LogP contribution is -2.23. The van der Waals surface area contributed by atoms with Gasteiger partial charge in [-0.15, -0.1) is 5.10 Å². The Balaban J connectivity index is 1.89. The van der Waals surface area contributed by atoms with Crippen molar-refractivity contribution in [3.05, 3.63) is 46.8 Å². The molecule has 0 atom stereocenters. The van der Waals surface area contributed by atoms with Gasteiger partial charge < -0.3 is 4.74 Å². The van der Waals surface area contributed by atoms with Crippen molar-refractivity contribution in [1.82, 2.24) is 35.0 Å². The largest absolute Gasteiger partial charge is 0.472 e. The Morgan fingerprint density at radius 3 is 3.05 bits per heavy atom. The Hall–Kier alpha value is -2.97. The third kappa shape index (κ3) is 2.16. The lowest BCUT2D eigenvalue weighted by Gasteiger charge is -2.07. The Bertz CT molecular complexity index is 822. The van der Waals surface area contributed by atoms with Crippen molar-refractivity contribution in [3.63, 3.8) is 0 Å². The number of hydrogen-bond acceptors (Lipinski definition) is 6. The molecule has 0 spiro atoms. The highest BCUT2D eigenvalue weighted by atomic mass is 16.5. The zero-order valence-corrected chi connectivity index (χ0v) is 10.5. The Morgan fingerprint density at radius 2 is 2.35 bits per heavy atom. The van der Waals surface area contributed by atoms with Gasteiger partial charge in [0.05, 0.1) is 11.9 Å². The number of aromatic amines is 1. The van der Waals surface area contributed by atoms with Crippen LogP contribution < -0.4 is 10.4 Å². The van der Waals surface area contributed by atoms with Crippen molar-refractivity contribution in [2.45, 2.75) is 6.61 Å². The number of tetrazole rings is 1. The summed E-state index contributed by atoms with van der Waals surface area (Å²) in [6.07, 6.45) is 4.56. The van der Waals surface area contributed by atoms with Crippen LogP contribution in [0.1, 0.15) is 5.56 Å². The zero-order chi connectivity index (χ0) is 14.8. The van der Waals surface area contributed by atoms with Crippen molar-refractivity contribution in [2.75, 3.05) is 0 Å². The van der Waals surface area contributed by atoms with Crippen LogP contribution in [0.5, 0.6) is 5.88 Å². The van der Waals surface area contributed by atoms with E-state index < -0.39 is 0 Å². The van der Waals surface area contributed by atoms with Crippen molar-refractivity contribution in [2.24, 2.45) is 7.05 Å². The van der Waals surface area contributed by atoms with E-state index in [0.717, 1.165) is 14.5 Å². The van der Waals surface area contributed by atoms with Gasteiger partial charge in [-0.3, -0.25) is 10.1 Å². The van der Waals surface area contributed by atoms with Crippen LogP contribution in [0.25, 0.3) is 5.69 Å². The molecule has 0 aliphatic carbocycles. The molecule has 0 aromatic carbocycles. The minimum atomic E-state index is -0.375. The molecule has 20 heavy (non-hydrogen) atoms. The van der Waals surface area contributed by atoms with E-state index in [1.54, 1.807) is 18.3 Å². The van der Waals surface area contributed by atoms with Gasteiger partial charge in [-0.05, 0) is 16.5 Å². The van der Waals surface area contributed by atoms with Gasteiger partial charge in [0.2, 0.25) is 5.88 Å². The fourth-order valence-corrected chi connectivity index (χ4v) is 1.64. The number of H-pyrrole nitrogens is 1. The van der Waals surface area contributed by atoms with Gasteiger partial charge in [0, 0.05) is 31.1 Å². The molecule has 102 valence electrons. The summed E-state index contributed by atoms with van der Waals surface area (Å²) in [5.41, 5.74) is 0.813. The highest BCUT2D eigenvalue weighted by molar-refractivity contribution is 5.36. The number of aromatic nitrogens is 7. The predicted octanol–water partition coefficient (Wildman–Crippen LogP) is -0.337. The Kier molecular flexibility index (Phi) is 2.70. The van der Waals surface area contributed by atoms with E-state index in [1.165, 1.54) is 19.4 Å². The van der Waals surface area contributed by atoms with E-state index in [9.17, 15) is 4.79 Å². The summed E-state index contributed by atoms with van der Waals surface area (Å²) in [5.74, 6) is 0.319. The summed E-state index contributed by atoms with van der Waals surface area (Å²) < 4.78 is 15.0. The van der Waals surface area contributed by atoms with Crippen molar-refractivity contribution in [1.29, 1.82) is 0 Å². The van der Waals surface area contributed by atoms with E-state index in [2.05, 4.69) is 20.5 Å². The normalized spacial score (nSPS) is 11.3. The monoisotopic (exact) mass is 275 g/mol. The first-order valence-electron chi connectivity index (χ1n) is 6.20. The first kappa shape index (κ1) is 10.9. The fourth-order valence-electron chi connectivity index (χ4n) is 1.64. The number of nitrogens with one attached hydrogen (secondary N) is 1. The van der Waals surface area contributed by atoms with Gasteiger partial charge in [0.15, 0.2) is 1.41 Å². The van der Waals surface area contributed by atoms with Crippen LogP contribution in [0.15, 0.2) is 35.5 Å². The lowest BCUT2D eigenvalue weighted by molar-refractivity contribution is 0.292. The van der Waals surface area contributed by atoms with Crippen LogP contribution in [0, 0.1) is 0 Å². The molecule has 0 saturated heterocycles. The molecule has 3 aromatic heterocycles. The highest BCUT2D eigenvalue weighted by Crippen LogP contribution is 2.13. The summed E-state index contributed by atoms with van der Waals surface area (Å²) in [5, 5.41) is 12.1. The van der Waals surface area contributed by atoms with Gasteiger partial charge in [0.1, 0.15) is 6.61 Å². The lowest BCUT2D eigenvalue weighted by atomic mass is 10.2. The number of aryl methyl sites for hydroxylation is 1. The van der Waals surface area contributed by atoms with Gasteiger partial charge in [-0.25, -0.2) is 4.79 Å². The highest BCUT2D eigenvalue weighted by Gasteiger charge is 2.11. The average Bonchev–Trinajstić information content (AvgIpc) is 3.04. The van der Waals surface area contributed by atoms with Crippen molar-refractivity contribution < 1.29 is 6.15 Å². The second-order valence-electron chi connectivity index (χ2n) is 3.96. The van der Waals surface area contributed by atoms with Gasteiger partial charge in [0.25, 0.3) is 0 Å². The Morgan fingerprint density at radius 1 is 1.45 bits per heavy atom. The Labute approximate surface area is 114 Å². The molecule has 0 amide bonds. The summed E-state index contributed by atoms with van der Waals surface area (Å²) in [4.78, 5) is 15.9. The number of hydrogen-bond donors (Lipinski definition) is 1. The molecule has 0 aliphatic rings. The molecule has 0 saturated carbocycles. The molecule has 0 radical (unpaired) electrons. The third-order valence-electron chi connectivity index (χ3n) is 2.65. The first-order chi connectivity index (χ1) is 10.1. The standard InChI is InChI=1S/C11H11N7O2/c1-17-11(19)18(16-15-17)9-6-12-4-2-8(9)7-20-10-3-5-13-14-10/h2-6H,7H2,1H3,(H,13,14)/i/hT. The maximum Gasteiger partial charge on any atom is 0.368 e. The smallest absolute Gasteiger partial charge is 0.368 e. The number of rotatable bonds is 4. The van der Waals surface area contributed by atoms with Crippen LogP contribution in [0.3, 0.4) is 0 Å². The summed E-state index contributed by atoms with van der Waals surface area (Å²) in [7, 11) is 1.51. The average molecular weight is 275 g/mol. The minimum Gasteiger partial charge on any atom is -0.472 e. The SMILES string of the molecule is [3H]n1ccc(OCc2ccncc2-n2nnn(C)c2=O)n1. The molecule has 9 heteroatoms. The van der Waals surface area contributed by atoms with Gasteiger partial charge >= 0.3 is 5.69 Å². The zero-order valence-electron chi connectivity index (χ0n) is 11.5. The van der Waals surface area contributed by atoms with Crippen LogP contribution in [0.4, 0.5) is 0 Å². The molecule has 9 nitrogen and oxygen atoms in total. The number of nitrogens with zero attached hydrogens (tertiary/aromatic N) is 6. The topological polar surface area (TPSA) is 104 Å². The number of pyridine rings is 1. The number of ether oxygens (including phenoxy) is 1. The van der Waals surface area contributed by atoms with E-state index in [-0.39, 0.29) is 12.3 Å². The molecule has 0 aliphatic heterocycles. The molecule has 1 N–H and O–H groups in total. The second kappa shape index (κ2) is 4.96. The molecule has 0 bridgehead atoms. The summed E-state index contributed by atoms with van der Waals surface area (Å²) >= 11 is 0. The van der Waals surface area contributed by atoms with Gasteiger partial charge in [-0.1, -0.05) is 0 Å². The molecule has 0 unspecified atom stereocenters. The van der Waals surface area contributed by atoms with E-state index in [0.29, 0.717) is 17.1 Å². The molecule has 3 rings (SSSR count). The van der Waals surface area contributed by atoms with Gasteiger partial charge in [-0.2, -0.15) is 9.36 Å². The maximum absolute atomic E-state index is 11.9. The summed E-state index contributed by atoms with van der Waals surface area (Å²) in [6.45, 7) is 0.165. The third-order valence-corrected chi connectivity index (χ3v) is 2.65.